The maximum Gasteiger partial charge on any atom is 0.123 e. The smallest absolute Gasteiger partial charge is 0.123 e. The Morgan fingerprint density at radius 3 is 2.89 bits per heavy atom. The van der Waals surface area contributed by atoms with Crippen molar-refractivity contribution in [2.45, 2.75) is 25.8 Å². The molecule has 0 fully saturated rings. The van der Waals surface area contributed by atoms with E-state index < -0.39 is 0 Å². The van der Waals surface area contributed by atoms with E-state index in [1.807, 2.05) is 30.1 Å². The Hall–Kier alpha value is -1.68. The molecule has 1 aromatic carbocycles. The van der Waals surface area contributed by atoms with Gasteiger partial charge in [0.05, 0.1) is 6.20 Å². The highest BCUT2D eigenvalue weighted by Gasteiger charge is 2.12. The predicted octanol–water partition coefficient (Wildman–Crippen LogP) is 2.33. The van der Waals surface area contributed by atoms with Gasteiger partial charge in [-0.1, -0.05) is 12.1 Å². The molecule has 0 saturated heterocycles. The Morgan fingerprint density at radius 1 is 1.44 bits per heavy atom. The molecule has 0 aliphatic heterocycles. The fourth-order valence-electron chi connectivity index (χ4n) is 2.07. The maximum absolute atomic E-state index is 13.2. The van der Waals surface area contributed by atoms with E-state index in [0.717, 1.165) is 24.1 Å². The molecule has 2 rings (SSSR count). The Labute approximate surface area is 106 Å². The first-order valence-corrected chi connectivity index (χ1v) is 6.19. The second kappa shape index (κ2) is 5.78. The van der Waals surface area contributed by atoms with Gasteiger partial charge >= 0.3 is 0 Å². The standard InChI is InChI=1S/C14H18FN3/c1-2-18-10-11(9-17-18)6-13(8-16)12-4-3-5-14(15)7-12/h3-5,7,9-10,13H,2,6,8,16H2,1H3. The lowest BCUT2D eigenvalue weighted by molar-refractivity contribution is 0.616. The summed E-state index contributed by atoms with van der Waals surface area (Å²) < 4.78 is 15.1. The minimum atomic E-state index is -0.213. The van der Waals surface area contributed by atoms with E-state index in [1.165, 1.54) is 6.07 Å². The molecule has 0 aliphatic rings. The van der Waals surface area contributed by atoms with Crippen LogP contribution in [0, 0.1) is 5.82 Å². The van der Waals surface area contributed by atoms with Crippen LogP contribution in [-0.4, -0.2) is 16.3 Å². The van der Waals surface area contributed by atoms with Crippen molar-refractivity contribution in [1.29, 1.82) is 0 Å². The normalized spacial score (nSPS) is 12.6. The number of nitrogens with zero attached hydrogens (tertiary/aromatic N) is 2. The summed E-state index contributed by atoms with van der Waals surface area (Å²) in [5, 5.41) is 4.24. The molecular weight excluding hydrogens is 229 g/mol. The van der Waals surface area contributed by atoms with Crippen LogP contribution in [0.25, 0.3) is 0 Å². The minimum absolute atomic E-state index is 0.134. The summed E-state index contributed by atoms with van der Waals surface area (Å²) in [6.07, 6.45) is 4.66. The number of nitrogens with two attached hydrogens (primary N) is 1. The lowest BCUT2D eigenvalue weighted by Gasteiger charge is -2.14. The van der Waals surface area contributed by atoms with Crippen molar-refractivity contribution in [3.8, 4) is 0 Å². The number of rotatable bonds is 5. The van der Waals surface area contributed by atoms with Gasteiger partial charge in [-0.3, -0.25) is 4.68 Å². The van der Waals surface area contributed by atoms with Crippen molar-refractivity contribution in [3.63, 3.8) is 0 Å². The average Bonchev–Trinajstić information content (AvgIpc) is 2.83. The molecule has 18 heavy (non-hydrogen) atoms. The molecule has 0 radical (unpaired) electrons. The van der Waals surface area contributed by atoms with E-state index in [9.17, 15) is 4.39 Å². The van der Waals surface area contributed by atoms with Crippen LogP contribution in [-0.2, 0) is 13.0 Å². The van der Waals surface area contributed by atoms with Crippen LogP contribution in [0.4, 0.5) is 4.39 Å². The van der Waals surface area contributed by atoms with Crippen LogP contribution in [0.2, 0.25) is 0 Å². The third-order valence-corrected chi connectivity index (χ3v) is 3.10. The quantitative estimate of drug-likeness (QED) is 0.881. The van der Waals surface area contributed by atoms with Crippen LogP contribution in [0.5, 0.6) is 0 Å². The van der Waals surface area contributed by atoms with Gasteiger partial charge < -0.3 is 5.73 Å². The van der Waals surface area contributed by atoms with Gasteiger partial charge in [0.2, 0.25) is 0 Å². The fraction of sp³-hybridized carbons (Fsp3) is 0.357. The summed E-state index contributed by atoms with van der Waals surface area (Å²) in [7, 11) is 0. The van der Waals surface area contributed by atoms with Gasteiger partial charge in [0.1, 0.15) is 5.82 Å². The summed E-state index contributed by atoms with van der Waals surface area (Å²) in [4.78, 5) is 0. The molecule has 0 aliphatic carbocycles. The third-order valence-electron chi connectivity index (χ3n) is 3.10. The summed E-state index contributed by atoms with van der Waals surface area (Å²) in [5.74, 6) is -0.0783. The monoisotopic (exact) mass is 247 g/mol. The number of halogens is 1. The van der Waals surface area contributed by atoms with Crippen LogP contribution in [0.1, 0.15) is 24.0 Å². The van der Waals surface area contributed by atoms with Crippen molar-refractivity contribution in [3.05, 3.63) is 53.6 Å². The van der Waals surface area contributed by atoms with Crippen LogP contribution in [0.3, 0.4) is 0 Å². The lowest BCUT2D eigenvalue weighted by Crippen LogP contribution is -2.15. The van der Waals surface area contributed by atoms with Gasteiger partial charge in [0, 0.05) is 18.7 Å². The number of hydrogen-bond donors (Lipinski definition) is 1. The first kappa shape index (κ1) is 12.8. The molecular formula is C14H18FN3. The van der Waals surface area contributed by atoms with Crippen LogP contribution < -0.4 is 5.73 Å². The average molecular weight is 247 g/mol. The van der Waals surface area contributed by atoms with Gasteiger partial charge in [0.15, 0.2) is 0 Å². The van der Waals surface area contributed by atoms with Gasteiger partial charge in [-0.25, -0.2) is 4.39 Å². The number of aromatic nitrogens is 2. The first-order valence-electron chi connectivity index (χ1n) is 6.19. The Balaban J connectivity index is 2.14. The van der Waals surface area contributed by atoms with E-state index in [1.54, 1.807) is 12.1 Å². The van der Waals surface area contributed by atoms with E-state index in [2.05, 4.69) is 5.10 Å². The van der Waals surface area contributed by atoms with Crippen molar-refractivity contribution in [2.24, 2.45) is 5.73 Å². The molecule has 2 N–H and O–H groups in total. The van der Waals surface area contributed by atoms with Gasteiger partial charge in [-0.2, -0.15) is 5.10 Å². The molecule has 1 aromatic heterocycles. The predicted molar refractivity (Wildman–Crippen MR) is 69.8 cm³/mol. The highest BCUT2D eigenvalue weighted by Crippen LogP contribution is 2.20. The highest BCUT2D eigenvalue weighted by molar-refractivity contribution is 5.23. The number of benzene rings is 1. The van der Waals surface area contributed by atoms with Gasteiger partial charge in [-0.15, -0.1) is 0 Å². The van der Waals surface area contributed by atoms with E-state index in [4.69, 9.17) is 5.73 Å². The molecule has 1 unspecified atom stereocenters. The van der Waals surface area contributed by atoms with E-state index in [0.29, 0.717) is 6.54 Å². The topological polar surface area (TPSA) is 43.8 Å². The molecule has 96 valence electrons. The maximum atomic E-state index is 13.2. The summed E-state index contributed by atoms with van der Waals surface area (Å²) in [6.45, 7) is 3.40. The highest BCUT2D eigenvalue weighted by atomic mass is 19.1. The zero-order valence-corrected chi connectivity index (χ0v) is 10.5. The van der Waals surface area contributed by atoms with Crippen LogP contribution in [0.15, 0.2) is 36.7 Å². The first-order chi connectivity index (χ1) is 8.72. The molecule has 1 atom stereocenters. The van der Waals surface area contributed by atoms with Gasteiger partial charge in [0.25, 0.3) is 0 Å². The Morgan fingerprint density at radius 2 is 2.28 bits per heavy atom. The van der Waals surface area contributed by atoms with Gasteiger partial charge in [-0.05, 0) is 43.1 Å². The van der Waals surface area contributed by atoms with Crippen LogP contribution >= 0.6 is 0 Å². The van der Waals surface area contributed by atoms with E-state index >= 15 is 0 Å². The van der Waals surface area contributed by atoms with Crippen molar-refractivity contribution < 1.29 is 4.39 Å². The number of hydrogen-bond acceptors (Lipinski definition) is 2. The molecule has 0 amide bonds. The molecule has 0 spiro atoms. The Kier molecular flexibility index (Phi) is 4.10. The summed E-state index contributed by atoms with van der Waals surface area (Å²) >= 11 is 0. The molecule has 4 heteroatoms. The molecule has 2 aromatic rings. The lowest BCUT2D eigenvalue weighted by atomic mass is 9.93. The van der Waals surface area contributed by atoms with Crippen molar-refractivity contribution in [1.82, 2.24) is 9.78 Å². The number of aryl methyl sites for hydroxylation is 1. The third kappa shape index (κ3) is 2.96. The van der Waals surface area contributed by atoms with Crippen molar-refractivity contribution in [2.75, 3.05) is 6.54 Å². The molecule has 3 nitrogen and oxygen atoms in total. The van der Waals surface area contributed by atoms with Crippen molar-refractivity contribution >= 4 is 0 Å². The summed E-state index contributed by atoms with van der Waals surface area (Å²) in [6, 6.07) is 6.65. The zero-order valence-electron chi connectivity index (χ0n) is 10.5. The van der Waals surface area contributed by atoms with E-state index in [-0.39, 0.29) is 11.7 Å². The minimum Gasteiger partial charge on any atom is -0.330 e. The summed E-state index contributed by atoms with van der Waals surface area (Å²) in [5.41, 5.74) is 7.87. The SMILES string of the molecule is CCn1cc(CC(CN)c2cccc(F)c2)cn1. The second-order valence-electron chi connectivity index (χ2n) is 4.40. The Bertz CT molecular complexity index is 507. The molecule has 0 bridgehead atoms. The largest absolute Gasteiger partial charge is 0.330 e. The fourth-order valence-corrected chi connectivity index (χ4v) is 2.07. The molecule has 1 heterocycles. The zero-order chi connectivity index (χ0) is 13.0. The molecule has 0 saturated carbocycles. The second-order valence-corrected chi connectivity index (χ2v) is 4.40.